The molecule has 0 bridgehead atoms. The number of unbranched alkanes of at least 4 members (excludes halogenated alkanes) is 1. The number of nitrogens with two attached hydrogens (primary N) is 1. The van der Waals surface area contributed by atoms with Crippen LogP contribution in [0.5, 0.6) is 0 Å². The summed E-state index contributed by atoms with van der Waals surface area (Å²) in [5.41, 5.74) is 5.21. The lowest BCUT2D eigenvalue weighted by atomic mass is 10.2. The number of aryl methyl sites for hydroxylation is 1. The van der Waals surface area contributed by atoms with Gasteiger partial charge in [0.15, 0.2) is 0 Å². The number of carbonyl (C=O) groups is 2. The maximum absolute atomic E-state index is 10.8. The first-order valence-corrected chi connectivity index (χ1v) is 5.82. The second-order valence-corrected chi connectivity index (χ2v) is 4.09. The Morgan fingerprint density at radius 1 is 1.44 bits per heavy atom. The number of rotatable bonds is 8. The fourth-order valence-corrected chi connectivity index (χ4v) is 1.60. The smallest absolute Gasteiger partial charge is 0.339 e. The lowest BCUT2D eigenvalue weighted by Crippen LogP contribution is -2.15. The number of carbonyl (C=O) groups excluding carboxylic acids is 1. The fourth-order valence-electron chi connectivity index (χ4n) is 1.60. The Morgan fingerprint density at radius 2 is 2.17 bits per heavy atom. The quantitative estimate of drug-likeness (QED) is 0.601. The average molecular weight is 254 g/mol. The zero-order valence-electron chi connectivity index (χ0n) is 10.4. The number of furan rings is 1. The van der Waals surface area contributed by atoms with Crippen LogP contribution < -0.4 is 11.1 Å². The minimum atomic E-state index is -0.982. The van der Waals surface area contributed by atoms with Crippen molar-refractivity contribution in [3.63, 3.8) is 0 Å². The second-order valence-electron chi connectivity index (χ2n) is 4.09. The van der Waals surface area contributed by atoms with Gasteiger partial charge in [0.05, 0.1) is 6.54 Å². The number of aromatic carboxylic acids is 1. The largest absolute Gasteiger partial charge is 0.478 e. The predicted molar refractivity (Wildman–Crippen MR) is 65.2 cm³/mol. The number of hydrogen-bond donors (Lipinski definition) is 3. The standard InChI is InChI=1S/C12H18N2O4/c1-8-10(12(16)17)6-9(18-8)7-14-5-3-2-4-11(13)15/h6,14H,2-5,7H2,1H3,(H2,13,15)(H,16,17). The first-order chi connectivity index (χ1) is 8.50. The van der Waals surface area contributed by atoms with Crippen LogP contribution in [0.1, 0.15) is 41.1 Å². The van der Waals surface area contributed by atoms with E-state index in [9.17, 15) is 9.59 Å². The van der Waals surface area contributed by atoms with Crippen LogP contribution in [0.15, 0.2) is 10.5 Å². The van der Waals surface area contributed by atoms with Gasteiger partial charge in [-0.2, -0.15) is 0 Å². The van der Waals surface area contributed by atoms with Crippen LogP contribution in [0.25, 0.3) is 0 Å². The van der Waals surface area contributed by atoms with Crippen LogP contribution >= 0.6 is 0 Å². The average Bonchev–Trinajstić information content (AvgIpc) is 2.64. The van der Waals surface area contributed by atoms with Gasteiger partial charge in [0, 0.05) is 6.42 Å². The van der Waals surface area contributed by atoms with E-state index in [1.165, 1.54) is 6.07 Å². The van der Waals surface area contributed by atoms with Gasteiger partial charge in [-0.15, -0.1) is 0 Å². The van der Waals surface area contributed by atoms with E-state index in [4.69, 9.17) is 15.3 Å². The van der Waals surface area contributed by atoms with E-state index in [0.29, 0.717) is 24.5 Å². The monoisotopic (exact) mass is 254 g/mol. The number of carboxylic acid groups (broad SMARTS) is 1. The highest BCUT2D eigenvalue weighted by molar-refractivity contribution is 5.88. The van der Waals surface area contributed by atoms with Crippen molar-refractivity contribution >= 4 is 11.9 Å². The molecule has 18 heavy (non-hydrogen) atoms. The molecule has 0 unspecified atom stereocenters. The van der Waals surface area contributed by atoms with Crippen molar-refractivity contribution in [1.82, 2.24) is 5.32 Å². The van der Waals surface area contributed by atoms with Crippen molar-refractivity contribution < 1.29 is 19.1 Å². The molecule has 1 aromatic rings. The number of primary amides is 1. The Balaban J connectivity index is 2.25. The lowest BCUT2D eigenvalue weighted by molar-refractivity contribution is -0.118. The molecule has 0 aromatic carbocycles. The molecule has 0 saturated carbocycles. The molecule has 1 aromatic heterocycles. The van der Waals surface area contributed by atoms with Crippen LogP contribution in [-0.2, 0) is 11.3 Å². The van der Waals surface area contributed by atoms with E-state index in [1.807, 2.05) is 0 Å². The zero-order valence-corrected chi connectivity index (χ0v) is 10.4. The zero-order chi connectivity index (χ0) is 13.5. The number of hydrogen-bond acceptors (Lipinski definition) is 4. The molecule has 0 fully saturated rings. The highest BCUT2D eigenvalue weighted by Gasteiger charge is 2.12. The summed E-state index contributed by atoms with van der Waals surface area (Å²) in [4.78, 5) is 21.3. The Kier molecular flexibility index (Phi) is 5.38. The number of nitrogens with one attached hydrogen (secondary N) is 1. The van der Waals surface area contributed by atoms with Gasteiger partial charge in [-0.3, -0.25) is 4.79 Å². The summed E-state index contributed by atoms with van der Waals surface area (Å²) in [7, 11) is 0. The van der Waals surface area contributed by atoms with E-state index < -0.39 is 5.97 Å². The molecule has 0 aliphatic heterocycles. The Hall–Kier alpha value is -1.82. The fraction of sp³-hybridized carbons (Fsp3) is 0.500. The van der Waals surface area contributed by atoms with Crippen LogP contribution in [0, 0.1) is 6.92 Å². The minimum absolute atomic E-state index is 0.195. The van der Waals surface area contributed by atoms with Crippen molar-refractivity contribution in [1.29, 1.82) is 0 Å². The second kappa shape index (κ2) is 6.80. The van der Waals surface area contributed by atoms with E-state index in [-0.39, 0.29) is 11.5 Å². The normalized spacial score (nSPS) is 10.5. The summed E-state index contributed by atoms with van der Waals surface area (Å²) in [5.74, 6) is -0.264. The molecular formula is C12H18N2O4. The molecule has 0 aliphatic rings. The topological polar surface area (TPSA) is 106 Å². The molecule has 0 aliphatic carbocycles. The van der Waals surface area contributed by atoms with E-state index in [1.54, 1.807) is 6.92 Å². The van der Waals surface area contributed by atoms with E-state index in [0.717, 1.165) is 19.4 Å². The molecule has 0 spiro atoms. The summed E-state index contributed by atoms with van der Waals surface area (Å²) in [6.07, 6.45) is 1.99. The summed E-state index contributed by atoms with van der Waals surface area (Å²) >= 11 is 0. The summed E-state index contributed by atoms with van der Waals surface area (Å²) in [5, 5.41) is 12.0. The van der Waals surface area contributed by atoms with Crippen molar-refractivity contribution in [2.75, 3.05) is 6.54 Å². The van der Waals surface area contributed by atoms with Gasteiger partial charge in [-0.05, 0) is 32.4 Å². The van der Waals surface area contributed by atoms with Crippen molar-refractivity contribution in [3.05, 3.63) is 23.2 Å². The molecule has 0 atom stereocenters. The maximum Gasteiger partial charge on any atom is 0.339 e. The third kappa shape index (κ3) is 4.58. The number of carboxylic acids is 1. The highest BCUT2D eigenvalue weighted by Crippen LogP contribution is 2.14. The van der Waals surface area contributed by atoms with Gasteiger partial charge in [0.25, 0.3) is 0 Å². The molecule has 1 amide bonds. The third-order valence-electron chi connectivity index (χ3n) is 2.53. The number of amides is 1. The summed E-state index contributed by atoms with van der Waals surface area (Å²) in [6.45, 7) is 2.83. The van der Waals surface area contributed by atoms with Crippen LogP contribution in [0.2, 0.25) is 0 Å². The molecule has 6 nitrogen and oxygen atoms in total. The Bertz CT molecular complexity index is 426. The molecule has 1 rings (SSSR count). The Morgan fingerprint density at radius 3 is 2.72 bits per heavy atom. The Labute approximate surface area is 105 Å². The molecule has 100 valence electrons. The molecule has 1 heterocycles. The molecule has 0 radical (unpaired) electrons. The third-order valence-corrected chi connectivity index (χ3v) is 2.53. The molecule has 4 N–H and O–H groups in total. The minimum Gasteiger partial charge on any atom is -0.478 e. The maximum atomic E-state index is 10.8. The molecule has 0 saturated heterocycles. The summed E-state index contributed by atoms with van der Waals surface area (Å²) < 4.78 is 5.30. The molecular weight excluding hydrogens is 236 g/mol. The van der Waals surface area contributed by atoms with E-state index in [2.05, 4.69) is 5.32 Å². The summed E-state index contributed by atoms with van der Waals surface area (Å²) in [6, 6.07) is 1.52. The van der Waals surface area contributed by atoms with Gasteiger partial charge in [0.1, 0.15) is 17.1 Å². The first kappa shape index (κ1) is 14.2. The van der Waals surface area contributed by atoms with Crippen molar-refractivity contribution in [2.45, 2.75) is 32.7 Å². The van der Waals surface area contributed by atoms with E-state index >= 15 is 0 Å². The van der Waals surface area contributed by atoms with Crippen LogP contribution in [0.4, 0.5) is 0 Å². The van der Waals surface area contributed by atoms with Crippen LogP contribution in [-0.4, -0.2) is 23.5 Å². The van der Waals surface area contributed by atoms with Crippen LogP contribution in [0.3, 0.4) is 0 Å². The van der Waals surface area contributed by atoms with Gasteiger partial charge in [0.2, 0.25) is 5.91 Å². The highest BCUT2D eigenvalue weighted by atomic mass is 16.4. The van der Waals surface area contributed by atoms with Gasteiger partial charge in [-0.25, -0.2) is 4.79 Å². The SMILES string of the molecule is Cc1oc(CNCCCCC(N)=O)cc1C(=O)O. The van der Waals surface area contributed by atoms with Crippen molar-refractivity contribution in [2.24, 2.45) is 5.73 Å². The first-order valence-electron chi connectivity index (χ1n) is 5.82. The van der Waals surface area contributed by atoms with Gasteiger partial charge >= 0.3 is 5.97 Å². The van der Waals surface area contributed by atoms with Crippen molar-refractivity contribution in [3.8, 4) is 0 Å². The van der Waals surface area contributed by atoms with Gasteiger partial charge in [-0.1, -0.05) is 0 Å². The predicted octanol–water partition coefficient (Wildman–Crippen LogP) is 1.03. The lowest BCUT2D eigenvalue weighted by Gasteiger charge is -2.01. The van der Waals surface area contributed by atoms with Gasteiger partial charge < -0.3 is 20.6 Å². The molecule has 6 heteroatoms.